The van der Waals surface area contributed by atoms with Crippen molar-refractivity contribution >= 4 is 22.7 Å². The second kappa shape index (κ2) is 8.17. The second-order valence-electron chi connectivity index (χ2n) is 9.29. The number of nitrogens with one attached hydrogen (secondary N) is 2. The summed E-state index contributed by atoms with van der Waals surface area (Å²) in [6, 6.07) is 10.2. The summed E-state index contributed by atoms with van der Waals surface area (Å²) in [5, 5.41) is 7.22. The molecule has 2 aliphatic heterocycles. The highest BCUT2D eigenvalue weighted by Gasteiger charge is 2.31. The Kier molecular flexibility index (Phi) is 4.81. The molecule has 4 aromatic rings. The maximum atomic E-state index is 13.3. The highest BCUT2D eigenvalue weighted by atomic mass is 16.6. The van der Waals surface area contributed by atoms with Crippen LogP contribution in [0.3, 0.4) is 0 Å². The minimum Gasteiger partial charge on any atom is -0.469 e. The number of rotatable bonds is 6. The second-order valence-corrected chi connectivity index (χ2v) is 9.29. The first kappa shape index (κ1) is 20.6. The summed E-state index contributed by atoms with van der Waals surface area (Å²) in [5.74, 6) is 0.947. The average Bonchev–Trinajstić information content (AvgIpc) is 3.65. The number of anilines is 2. The van der Waals surface area contributed by atoms with Crippen molar-refractivity contribution in [2.45, 2.75) is 38.0 Å². The Morgan fingerprint density at radius 3 is 2.86 bits per heavy atom. The van der Waals surface area contributed by atoms with Crippen LogP contribution in [-0.4, -0.2) is 50.2 Å². The lowest BCUT2D eigenvalue weighted by molar-refractivity contribution is -0.0813. The van der Waals surface area contributed by atoms with Gasteiger partial charge < -0.3 is 20.1 Å². The Labute approximate surface area is 200 Å². The van der Waals surface area contributed by atoms with Crippen LogP contribution in [0.1, 0.15) is 30.0 Å². The molecule has 3 aromatic heterocycles. The van der Waals surface area contributed by atoms with E-state index >= 15 is 0 Å². The van der Waals surface area contributed by atoms with Crippen LogP contribution in [-0.2, 0) is 17.7 Å². The first-order valence-electron chi connectivity index (χ1n) is 12.0. The third-order valence-corrected chi connectivity index (χ3v) is 6.72. The minimum atomic E-state index is -0.0828. The average molecular weight is 472 g/mol. The zero-order valence-corrected chi connectivity index (χ0v) is 19.1. The molecule has 10 heteroatoms. The van der Waals surface area contributed by atoms with Crippen molar-refractivity contribution in [2.75, 3.05) is 25.1 Å². The molecule has 10 nitrogen and oxygen atoms in total. The Morgan fingerprint density at radius 2 is 2.03 bits per heavy atom. The predicted octanol–water partition coefficient (Wildman–Crippen LogP) is 2.48. The number of fused-ring (bicyclic) bond motifs is 2. The molecule has 3 aliphatic rings. The molecule has 0 atom stereocenters. The summed E-state index contributed by atoms with van der Waals surface area (Å²) < 4.78 is 14.8. The van der Waals surface area contributed by atoms with E-state index in [1.165, 1.54) is 11.1 Å². The Bertz CT molecular complexity index is 1490. The fourth-order valence-electron chi connectivity index (χ4n) is 4.69. The molecule has 1 aliphatic carbocycles. The van der Waals surface area contributed by atoms with Crippen molar-refractivity contribution < 1.29 is 9.47 Å². The molecule has 0 amide bonds. The summed E-state index contributed by atoms with van der Waals surface area (Å²) in [5.41, 5.74) is 4.82. The standard InChI is InChI=1S/C25H25N7O3/c33-24-21-12-28-25(29-17-2-1-15-5-7-26-11-16(15)9-17)30-23(21)31(32(24)18-3-4-18)19-6-8-27-22(10-19)35-20-13-34-14-20/h1-2,6,8-10,12,18,20,26H,3-5,7,11,13-14H2,(H,28,29,30). The summed E-state index contributed by atoms with van der Waals surface area (Å²) in [6.45, 7) is 2.98. The van der Waals surface area contributed by atoms with E-state index in [1.54, 1.807) is 17.1 Å². The lowest BCUT2D eigenvalue weighted by Gasteiger charge is -2.26. The van der Waals surface area contributed by atoms with Crippen molar-refractivity contribution in [1.82, 2.24) is 29.6 Å². The number of aromatic nitrogens is 5. The van der Waals surface area contributed by atoms with E-state index in [9.17, 15) is 4.79 Å². The number of hydrogen-bond donors (Lipinski definition) is 2. The summed E-state index contributed by atoms with van der Waals surface area (Å²) in [4.78, 5) is 26.9. The van der Waals surface area contributed by atoms with E-state index < -0.39 is 0 Å². The van der Waals surface area contributed by atoms with Gasteiger partial charge in [-0.05, 0) is 55.1 Å². The molecule has 2 fully saturated rings. The van der Waals surface area contributed by atoms with Crippen molar-refractivity contribution in [3.8, 4) is 11.6 Å². The van der Waals surface area contributed by atoms with Gasteiger partial charge in [0.15, 0.2) is 5.65 Å². The van der Waals surface area contributed by atoms with E-state index in [-0.39, 0.29) is 17.7 Å². The van der Waals surface area contributed by atoms with Crippen LogP contribution in [0.2, 0.25) is 0 Å². The van der Waals surface area contributed by atoms with Gasteiger partial charge in [-0.2, -0.15) is 4.98 Å². The van der Waals surface area contributed by atoms with Crippen LogP contribution >= 0.6 is 0 Å². The molecule has 1 aromatic carbocycles. The maximum absolute atomic E-state index is 13.3. The van der Waals surface area contributed by atoms with E-state index in [0.717, 1.165) is 43.7 Å². The SMILES string of the molecule is O=c1c2cnc(Nc3ccc4c(c3)CNCC4)nc2n(-c2ccnc(OC3COC3)c2)n1C1CC1. The molecule has 0 radical (unpaired) electrons. The number of benzene rings is 1. The lowest BCUT2D eigenvalue weighted by atomic mass is 10.0. The first-order valence-corrected chi connectivity index (χ1v) is 12.0. The largest absolute Gasteiger partial charge is 0.469 e. The monoisotopic (exact) mass is 471 g/mol. The minimum absolute atomic E-state index is 0.00901. The highest BCUT2D eigenvalue weighted by Crippen LogP contribution is 2.36. The number of hydrogen-bond acceptors (Lipinski definition) is 8. The molecule has 0 unspecified atom stereocenters. The number of nitrogens with zero attached hydrogens (tertiary/aromatic N) is 5. The van der Waals surface area contributed by atoms with Crippen molar-refractivity contribution in [3.63, 3.8) is 0 Å². The molecule has 0 spiro atoms. The van der Waals surface area contributed by atoms with E-state index in [2.05, 4.69) is 38.8 Å². The zero-order chi connectivity index (χ0) is 23.4. The normalized spacial score (nSPS) is 17.7. The zero-order valence-electron chi connectivity index (χ0n) is 19.1. The van der Waals surface area contributed by atoms with Gasteiger partial charge in [0.05, 0.1) is 24.9 Å². The predicted molar refractivity (Wildman–Crippen MR) is 130 cm³/mol. The van der Waals surface area contributed by atoms with Crippen molar-refractivity contribution in [2.24, 2.45) is 0 Å². The third-order valence-electron chi connectivity index (χ3n) is 6.72. The fourth-order valence-corrected chi connectivity index (χ4v) is 4.69. The van der Waals surface area contributed by atoms with Crippen LogP contribution in [0.5, 0.6) is 5.88 Å². The van der Waals surface area contributed by atoms with Gasteiger partial charge in [-0.15, -0.1) is 0 Å². The summed E-state index contributed by atoms with van der Waals surface area (Å²) in [7, 11) is 0. The van der Waals surface area contributed by atoms with E-state index in [0.29, 0.717) is 36.1 Å². The Balaban J connectivity index is 1.29. The Hall–Kier alpha value is -3.76. The number of ether oxygens (including phenoxy) is 2. The van der Waals surface area contributed by atoms with Gasteiger partial charge in [0, 0.05) is 30.7 Å². The van der Waals surface area contributed by atoms with Crippen molar-refractivity contribution in [1.29, 1.82) is 0 Å². The van der Waals surface area contributed by atoms with E-state index in [4.69, 9.17) is 14.5 Å². The van der Waals surface area contributed by atoms with E-state index in [1.807, 2.05) is 16.8 Å². The van der Waals surface area contributed by atoms with Gasteiger partial charge in [-0.1, -0.05) is 6.07 Å². The summed E-state index contributed by atoms with van der Waals surface area (Å²) in [6.07, 6.45) is 6.28. The molecule has 1 saturated carbocycles. The maximum Gasteiger partial charge on any atom is 0.278 e. The molecule has 35 heavy (non-hydrogen) atoms. The van der Waals surface area contributed by atoms with Crippen LogP contribution in [0.25, 0.3) is 16.7 Å². The van der Waals surface area contributed by atoms with Crippen LogP contribution < -0.4 is 20.9 Å². The smallest absolute Gasteiger partial charge is 0.278 e. The molecule has 7 rings (SSSR count). The van der Waals surface area contributed by atoms with Crippen molar-refractivity contribution in [3.05, 3.63) is 64.2 Å². The fraction of sp³-hybridized carbons (Fsp3) is 0.360. The van der Waals surface area contributed by atoms with Gasteiger partial charge in [0.2, 0.25) is 11.8 Å². The third kappa shape index (κ3) is 3.75. The molecular weight excluding hydrogens is 446 g/mol. The molecule has 1 saturated heterocycles. The summed E-state index contributed by atoms with van der Waals surface area (Å²) >= 11 is 0. The van der Waals surface area contributed by atoms with Gasteiger partial charge in [0.1, 0.15) is 11.5 Å². The van der Waals surface area contributed by atoms with Gasteiger partial charge in [-0.25, -0.2) is 19.3 Å². The number of pyridine rings is 1. The molecule has 5 heterocycles. The first-order chi connectivity index (χ1) is 17.2. The van der Waals surface area contributed by atoms with Crippen LogP contribution in [0, 0.1) is 0 Å². The van der Waals surface area contributed by atoms with Gasteiger partial charge in [-0.3, -0.25) is 4.79 Å². The van der Waals surface area contributed by atoms with Gasteiger partial charge >= 0.3 is 0 Å². The lowest BCUT2D eigenvalue weighted by Crippen LogP contribution is -2.38. The molecule has 0 bridgehead atoms. The quantitative estimate of drug-likeness (QED) is 0.442. The molecular formula is C25H25N7O3. The highest BCUT2D eigenvalue weighted by molar-refractivity contribution is 5.77. The molecule has 2 N–H and O–H groups in total. The van der Waals surface area contributed by atoms with Crippen LogP contribution in [0.15, 0.2) is 47.5 Å². The Morgan fingerprint density at radius 1 is 1.11 bits per heavy atom. The van der Waals surface area contributed by atoms with Crippen LogP contribution in [0.4, 0.5) is 11.6 Å². The van der Waals surface area contributed by atoms with Gasteiger partial charge in [0.25, 0.3) is 5.56 Å². The molecule has 178 valence electrons. The topological polar surface area (TPSA) is 108 Å².